The molecule has 96 valence electrons. The molecule has 0 radical (unpaired) electrons. The van der Waals surface area contributed by atoms with Crippen LogP contribution in [0, 0.1) is 0 Å². The molecule has 0 bridgehead atoms. The van der Waals surface area contributed by atoms with Crippen molar-refractivity contribution in [3.8, 4) is 11.5 Å². The van der Waals surface area contributed by atoms with Gasteiger partial charge in [0.15, 0.2) is 0 Å². The van der Waals surface area contributed by atoms with Gasteiger partial charge in [0.05, 0.1) is 12.7 Å². The molecule has 6 heteroatoms. The molecular formula is C11H13F3O3. The molecule has 17 heavy (non-hydrogen) atoms. The molecule has 0 aliphatic carbocycles. The molecule has 0 fully saturated rings. The van der Waals surface area contributed by atoms with Crippen LogP contribution in [0.3, 0.4) is 0 Å². The lowest BCUT2D eigenvalue weighted by Gasteiger charge is -2.21. The van der Waals surface area contributed by atoms with Gasteiger partial charge >= 0.3 is 6.36 Å². The van der Waals surface area contributed by atoms with Crippen molar-refractivity contribution in [3.05, 3.63) is 23.8 Å². The van der Waals surface area contributed by atoms with E-state index in [0.29, 0.717) is 5.75 Å². The van der Waals surface area contributed by atoms with Crippen LogP contribution in [-0.2, 0) is 5.60 Å². The largest absolute Gasteiger partial charge is 0.573 e. The van der Waals surface area contributed by atoms with Crippen LogP contribution >= 0.6 is 0 Å². The molecule has 0 aromatic heterocycles. The maximum absolute atomic E-state index is 12.0. The average molecular weight is 250 g/mol. The van der Waals surface area contributed by atoms with E-state index in [4.69, 9.17) is 4.74 Å². The molecule has 0 unspecified atom stereocenters. The first-order valence-electron chi connectivity index (χ1n) is 4.80. The zero-order chi connectivity index (χ0) is 13.3. The molecule has 0 amide bonds. The van der Waals surface area contributed by atoms with Crippen LogP contribution in [0.4, 0.5) is 13.2 Å². The van der Waals surface area contributed by atoms with E-state index in [2.05, 4.69) is 4.74 Å². The van der Waals surface area contributed by atoms with Gasteiger partial charge in [-0.3, -0.25) is 0 Å². The Balaban J connectivity index is 3.14. The van der Waals surface area contributed by atoms with Crippen molar-refractivity contribution < 1.29 is 27.8 Å². The summed E-state index contributed by atoms with van der Waals surface area (Å²) in [6.07, 6.45) is -4.76. The molecule has 3 nitrogen and oxygen atoms in total. The Morgan fingerprint density at radius 2 is 1.76 bits per heavy atom. The zero-order valence-corrected chi connectivity index (χ0v) is 9.63. The van der Waals surface area contributed by atoms with Crippen LogP contribution in [0.5, 0.6) is 11.5 Å². The summed E-state index contributed by atoms with van der Waals surface area (Å²) in [4.78, 5) is 0. The number of hydrogen-bond donors (Lipinski definition) is 1. The molecule has 0 aliphatic rings. The fourth-order valence-electron chi connectivity index (χ4n) is 1.36. The van der Waals surface area contributed by atoms with E-state index in [1.165, 1.54) is 27.0 Å². The van der Waals surface area contributed by atoms with Crippen molar-refractivity contribution in [2.75, 3.05) is 7.11 Å². The van der Waals surface area contributed by atoms with Gasteiger partial charge in [-0.15, -0.1) is 13.2 Å². The first-order valence-corrected chi connectivity index (χ1v) is 4.80. The Morgan fingerprint density at radius 1 is 1.18 bits per heavy atom. The summed E-state index contributed by atoms with van der Waals surface area (Å²) < 4.78 is 44.8. The van der Waals surface area contributed by atoms with Crippen molar-refractivity contribution in [1.82, 2.24) is 0 Å². The number of rotatable bonds is 3. The highest BCUT2D eigenvalue weighted by atomic mass is 19.4. The van der Waals surface area contributed by atoms with Crippen molar-refractivity contribution >= 4 is 0 Å². The Kier molecular flexibility index (Phi) is 3.56. The number of hydrogen-bond acceptors (Lipinski definition) is 3. The Labute approximate surface area is 96.8 Å². The highest BCUT2D eigenvalue weighted by molar-refractivity contribution is 5.43. The second-order valence-corrected chi connectivity index (χ2v) is 3.97. The molecule has 0 atom stereocenters. The fraction of sp³-hybridized carbons (Fsp3) is 0.455. The van der Waals surface area contributed by atoms with Crippen molar-refractivity contribution in [1.29, 1.82) is 0 Å². The SMILES string of the molecule is COc1ccc(OC(F)(F)F)cc1C(C)(C)O. The monoisotopic (exact) mass is 250 g/mol. The van der Waals surface area contributed by atoms with Gasteiger partial charge in [-0.2, -0.15) is 0 Å². The van der Waals surface area contributed by atoms with Gasteiger partial charge in [0, 0.05) is 5.56 Å². The second kappa shape index (κ2) is 4.44. The number of aliphatic hydroxyl groups is 1. The summed E-state index contributed by atoms with van der Waals surface area (Å²) in [6, 6.07) is 3.54. The minimum absolute atomic E-state index is 0.224. The molecule has 1 N–H and O–H groups in total. The van der Waals surface area contributed by atoms with Crippen LogP contribution in [0.25, 0.3) is 0 Å². The van der Waals surface area contributed by atoms with E-state index < -0.39 is 17.7 Å². The number of benzene rings is 1. The normalized spacial score (nSPS) is 12.4. The molecule has 1 rings (SSSR count). The van der Waals surface area contributed by atoms with Gasteiger partial charge in [-0.1, -0.05) is 0 Å². The summed E-state index contributed by atoms with van der Waals surface area (Å²) in [5.74, 6) is -0.0950. The van der Waals surface area contributed by atoms with Gasteiger partial charge in [0.25, 0.3) is 0 Å². The number of ether oxygens (including phenoxy) is 2. The highest BCUT2D eigenvalue weighted by Crippen LogP contribution is 2.34. The summed E-state index contributed by atoms with van der Waals surface area (Å²) in [5, 5.41) is 9.81. The fourth-order valence-corrected chi connectivity index (χ4v) is 1.36. The topological polar surface area (TPSA) is 38.7 Å². The summed E-state index contributed by atoms with van der Waals surface area (Å²) in [5.41, 5.74) is -1.10. The maximum atomic E-state index is 12.0. The van der Waals surface area contributed by atoms with Gasteiger partial charge in [-0.05, 0) is 32.0 Å². The second-order valence-electron chi connectivity index (χ2n) is 3.97. The molecular weight excluding hydrogens is 237 g/mol. The van der Waals surface area contributed by atoms with Crippen LogP contribution in [0.15, 0.2) is 18.2 Å². The van der Waals surface area contributed by atoms with Crippen LogP contribution in [0.2, 0.25) is 0 Å². The van der Waals surface area contributed by atoms with Gasteiger partial charge in [-0.25, -0.2) is 0 Å². The molecule has 0 aliphatic heterocycles. The Hall–Kier alpha value is -1.43. The standard InChI is InChI=1S/C11H13F3O3/c1-10(2,15)8-6-7(17-11(12,13)14)4-5-9(8)16-3/h4-6,15H,1-3H3. The van der Waals surface area contributed by atoms with Gasteiger partial charge in [0.2, 0.25) is 0 Å². The predicted molar refractivity (Wildman–Crippen MR) is 54.9 cm³/mol. The third-order valence-electron chi connectivity index (χ3n) is 2.06. The quantitative estimate of drug-likeness (QED) is 0.896. The van der Waals surface area contributed by atoms with Crippen LogP contribution in [0.1, 0.15) is 19.4 Å². The maximum Gasteiger partial charge on any atom is 0.573 e. The van der Waals surface area contributed by atoms with E-state index in [-0.39, 0.29) is 5.56 Å². The molecule has 0 saturated carbocycles. The Morgan fingerprint density at radius 3 is 2.18 bits per heavy atom. The first kappa shape index (κ1) is 13.6. The van der Waals surface area contributed by atoms with E-state index in [9.17, 15) is 18.3 Å². The van der Waals surface area contributed by atoms with Crippen molar-refractivity contribution in [2.45, 2.75) is 25.8 Å². The van der Waals surface area contributed by atoms with E-state index in [1.54, 1.807) is 0 Å². The van der Waals surface area contributed by atoms with Crippen molar-refractivity contribution in [3.63, 3.8) is 0 Å². The number of alkyl halides is 3. The molecule has 1 aromatic rings. The van der Waals surface area contributed by atoms with E-state index >= 15 is 0 Å². The highest BCUT2D eigenvalue weighted by Gasteiger charge is 2.32. The summed E-state index contributed by atoms with van der Waals surface area (Å²) in [6.45, 7) is 2.89. The third kappa shape index (κ3) is 3.81. The predicted octanol–water partition coefficient (Wildman–Crippen LogP) is 2.82. The summed E-state index contributed by atoms with van der Waals surface area (Å²) in [7, 11) is 1.37. The van der Waals surface area contributed by atoms with E-state index in [1.807, 2.05) is 0 Å². The molecule has 0 spiro atoms. The van der Waals surface area contributed by atoms with Crippen LogP contribution < -0.4 is 9.47 Å². The van der Waals surface area contributed by atoms with Crippen molar-refractivity contribution in [2.24, 2.45) is 0 Å². The Bertz CT molecular complexity index is 394. The first-order chi connectivity index (χ1) is 7.63. The summed E-state index contributed by atoms with van der Waals surface area (Å²) >= 11 is 0. The van der Waals surface area contributed by atoms with Gasteiger partial charge < -0.3 is 14.6 Å². The zero-order valence-electron chi connectivity index (χ0n) is 9.63. The van der Waals surface area contributed by atoms with E-state index in [0.717, 1.165) is 12.1 Å². The minimum atomic E-state index is -4.76. The van der Waals surface area contributed by atoms with Gasteiger partial charge in [0.1, 0.15) is 11.5 Å². The van der Waals surface area contributed by atoms with Crippen LogP contribution in [-0.4, -0.2) is 18.6 Å². The lowest BCUT2D eigenvalue weighted by Crippen LogP contribution is -2.20. The smallest absolute Gasteiger partial charge is 0.496 e. The lowest BCUT2D eigenvalue weighted by atomic mass is 9.97. The lowest BCUT2D eigenvalue weighted by molar-refractivity contribution is -0.274. The number of methoxy groups -OCH3 is 1. The minimum Gasteiger partial charge on any atom is -0.496 e. The third-order valence-corrected chi connectivity index (χ3v) is 2.06. The molecule has 0 saturated heterocycles. The molecule has 1 aromatic carbocycles. The molecule has 0 heterocycles. The number of halogens is 3. The average Bonchev–Trinajstić information content (AvgIpc) is 2.13.